The number of aryl methyl sites for hydroxylation is 1. The zero-order chi connectivity index (χ0) is 27.5. The first-order chi connectivity index (χ1) is 19.0. The molecule has 1 atom stereocenters. The summed E-state index contributed by atoms with van der Waals surface area (Å²) in [5, 5.41) is 13.3. The van der Waals surface area contributed by atoms with Gasteiger partial charge in [-0.3, -0.25) is 14.5 Å². The van der Waals surface area contributed by atoms with E-state index in [4.69, 9.17) is 0 Å². The number of aliphatic carboxylic acids is 1. The minimum atomic E-state index is -0.999. The maximum atomic E-state index is 12.7. The summed E-state index contributed by atoms with van der Waals surface area (Å²) >= 11 is 1.08. The molecule has 210 valence electrons. The third kappa shape index (κ3) is 8.67. The van der Waals surface area contributed by atoms with Crippen LogP contribution < -0.4 is 10.2 Å². The van der Waals surface area contributed by atoms with Crippen molar-refractivity contribution in [3.63, 3.8) is 0 Å². The quantitative estimate of drug-likeness (QED) is 0.403. The molecule has 0 saturated heterocycles. The van der Waals surface area contributed by atoms with Crippen LogP contribution in [-0.4, -0.2) is 46.0 Å². The number of hydrogen-bond donors (Lipinski definition) is 2. The van der Waals surface area contributed by atoms with Crippen LogP contribution in [0.15, 0.2) is 54.6 Å². The van der Waals surface area contributed by atoms with Gasteiger partial charge in [0.15, 0.2) is 0 Å². The van der Waals surface area contributed by atoms with Gasteiger partial charge >= 0.3 is 5.97 Å². The fraction of sp³-hybridized carbons (Fsp3) is 0.531. The Hall–Kier alpha value is -2.64. The van der Waals surface area contributed by atoms with E-state index in [1.54, 1.807) is 36.4 Å². The van der Waals surface area contributed by atoms with Crippen LogP contribution in [0.4, 0.5) is 5.69 Å². The summed E-state index contributed by atoms with van der Waals surface area (Å²) in [5.74, 6) is -0.948. The van der Waals surface area contributed by atoms with Gasteiger partial charge in [0.2, 0.25) is 11.0 Å². The minimum absolute atomic E-state index is 0.0905. The van der Waals surface area contributed by atoms with Crippen molar-refractivity contribution < 1.29 is 19.5 Å². The zero-order valence-corrected chi connectivity index (χ0v) is 23.7. The molecule has 1 heterocycles. The number of fused-ring (bicyclic) bond motifs is 1. The maximum Gasteiger partial charge on any atom is 0.326 e. The van der Waals surface area contributed by atoms with Crippen molar-refractivity contribution >= 4 is 34.4 Å². The summed E-state index contributed by atoms with van der Waals surface area (Å²) in [6.45, 7) is 0. The number of para-hydroxylation sites is 1. The van der Waals surface area contributed by atoms with E-state index >= 15 is 0 Å². The van der Waals surface area contributed by atoms with Crippen LogP contribution in [0, 0.1) is 0 Å². The second-order valence-corrected chi connectivity index (χ2v) is 11.9. The first-order valence-electron chi connectivity index (χ1n) is 14.6. The van der Waals surface area contributed by atoms with E-state index in [-0.39, 0.29) is 17.4 Å². The third-order valence-corrected chi connectivity index (χ3v) is 8.95. The number of benzene rings is 2. The topological polar surface area (TPSA) is 86.7 Å². The van der Waals surface area contributed by atoms with Crippen LogP contribution in [0.25, 0.3) is 0 Å². The van der Waals surface area contributed by atoms with Gasteiger partial charge in [-0.2, -0.15) is 0 Å². The van der Waals surface area contributed by atoms with Gasteiger partial charge in [0, 0.05) is 35.5 Å². The molecule has 0 unspecified atom stereocenters. The molecule has 0 radical (unpaired) electrons. The monoisotopic (exact) mass is 550 g/mol. The van der Waals surface area contributed by atoms with Crippen LogP contribution in [-0.2, 0) is 16.0 Å². The van der Waals surface area contributed by atoms with Gasteiger partial charge in [-0.05, 0) is 50.2 Å². The molecule has 5 rings (SSSR count). The van der Waals surface area contributed by atoms with Crippen LogP contribution in [0.5, 0.6) is 0 Å². The Labute approximate surface area is 236 Å². The molecule has 2 aliphatic carbocycles. The number of nitrogens with one attached hydrogen (secondary N) is 1. The normalized spacial score (nSPS) is 19.9. The van der Waals surface area contributed by atoms with Gasteiger partial charge in [0.1, 0.15) is 6.04 Å². The highest BCUT2D eigenvalue weighted by molar-refractivity contribution is 8.14. The summed E-state index contributed by atoms with van der Waals surface area (Å²) in [6, 6.07) is 17.2. The van der Waals surface area contributed by atoms with Crippen molar-refractivity contribution in [2.24, 2.45) is 0 Å². The summed E-state index contributed by atoms with van der Waals surface area (Å²) in [6.07, 6.45) is 15.7. The van der Waals surface area contributed by atoms with Crippen LogP contribution in [0.1, 0.15) is 93.0 Å². The summed E-state index contributed by atoms with van der Waals surface area (Å²) in [5.41, 5.74) is 2.23. The van der Waals surface area contributed by atoms with E-state index in [0.29, 0.717) is 29.8 Å². The first-order valence-corrected chi connectivity index (χ1v) is 15.6. The van der Waals surface area contributed by atoms with Crippen molar-refractivity contribution in [3.05, 3.63) is 65.7 Å². The van der Waals surface area contributed by atoms with E-state index in [2.05, 4.69) is 5.32 Å². The van der Waals surface area contributed by atoms with Gasteiger partial charge in [0.05, 0.1) is 0 Å². The molecule has 0 aromatic heterocycles. The number of nitrogens with zero attached hydrogens (tertiary/aromatic N) is 1. The average Bonchev–Trinajstić information content (AvgIpc) is 2.98. The molecule has 7 heteroatoms. The molecule has 39 heavy (non-hydrogen) atoms. The Morgan fingerprint density at radius 2 is 1.38 bits per heavy atom. The maximum absolute atomic E-state index is 12.7. The van der Waals surface area contributed by atoms with E-state index in [0.717, 1.165) is 29.4 Å². The molecule has 1 amide bonds. The number of amides is 1. The van der Waals surface area contributed by atoms with Crippen molar-refractivity contribution in [1.82, 2.24) is 5.32 Å². The van der Waals surface area contributed by atoms with Crippen molar-refractivity contribution in [1.29, 1.82) is 0 Å². The smallest absolute Gasteiger partial charge is 0.326 e. The van der Waals surface area contributed by atoms with E-state index in [9.17, 15) is 19.5 Å². The number of carbonyl (C=O) groups is 3. The molecule has 2 aromatic carbocycles. The number of carboxylic acid groups (broad SMARTS) is 1. The van der Waals surface area contributed by atoms with Crippen LogP contribution in [0.2, 0.25) is 0 Å². The molecule has 0 bridgehead atoms. The number of thioether (sulfide) groups is 1. The number of anilines is 1. The fourth-order valence-corrected chi connectivity index (χ4v) is 6.73. The average molecular weight is 551 g/mol. The third-order valence-electron chi connectivity index (χ3n) is 8.04. The molecule has 3 aliphatic rings. The predicted molar refractivity (Wildman–Crippen MR) is 158 cm³/mol. The summed E-state index contributed by atoms with van der Waals surface area (Å²) in [4.78, 5) is 37.8. The lowest BCUT2D eigenvalue weighted by Crippen LogP contribution is -2.48. The number of carboxylic acids is 1. The lowest BCUT2D eigenvalue weighted by molar-refractivity contribution is -0.140. The number of hydrogen-bond acceptors (Lipinski definition) is 5. The highest BCUT2D eigenvalue weighted by Crippen LogP contribution is 2.31. The standard InChI is InChI=1S/C20H19NO4S.C12H23N/c22-18(12-13-26-20(25)15-7-2-1-3-8-15)21-16-9-5-4-6-14(16)10-11-17(21)19(23)24;1-3-7-11(8-4-1)13-12-9-5-2-6-10-12/h1-9,17H,10-13H2,(H,23,24);11-13H,1-10H2/t17-;/m0./s1. The second kappa shape index (κ2) is 15.2. The zero-order valence-electron chi connectivity index (χ0n) is 22.9. The van der Waals surface area contributed by atoms with Crippen molar-refractivity contribution in [3.8, 4) is 0 Å². The Bertz CT molecular complexity index is 1060. The molecule has 2 N–H and O–H groups in total. The van der Waals surface area contributed by atoms with Gasteiger partial charge in [-0.1, -0.05) is 98.8 Å². The molecule has 2 saturated carbocycles. The van der Waals surface area contributed by atoms with Crippen molar-refractivity contribution in [2.45, 2.75) is 102 Å². The SMILES string of the molecule is C1CCC(NC2CCCCC2)CC1.O=C(SCCC(=O)N1c2ccccc2CC[C@H]1C(=O)O)c1ccccc1. The molecular formula is C32H42N2O4S. The highest BCUT2D eigenvalue weighted by Gasteiger charge is 2.35. The van der Waals surface area contributed by atoms with Gasteiger partial charge in [0.25, 0.3) is 0 Å². The Morgan fingerprint density at radius 1 is 0.795 bits per heavy atom. The Morgan fingerprint density at radius 3 is 2.00 bits per heavy atom. The Balaban J connectivity index is 0.000000226. The van der Waals surface area contributed by atoms with Crippen LogP contribution >= 0.6 is 11.8 Å². The Kier molecular flexibility index (Phi) is 11.5. The highest BCUT2D eigenvalue weighted by atomic mass is 32.2. The minimum Gasteiger partial charge on any atom is -0.480 e. The molecule has 2 fully saturated rings. The molecule has 1 aliphatic heterocycles. The van der Waals surface area contributed by atoms with Crippen molar-refractivity contribution in [2.75, 3.05) is 10.7 Å². The predicted octanol–water partition coefficient (Wildman–Crippen LogP) is 6.62. The molecule has 2 aromatic rings. The fourth-order valence-electron chi connectivity index (χ4n) is 5.97. The molecule has 6 nitrogen and oxygen atoms in total. The van der Waals surface area contributed by atoms with Gasteiger partial charge < -0.3 is 10.4 Å². The lowest BCUT2D eigenvalue weighted by atomic mass is 9.91. The van der Waals surface area contributed by atoms with Gasteiger partial charge in [-0.15, -0.1) is 0 Å². The first kappa shape index (κ1) is 29.3. The van der Waals surface area contributed by atoms with Gasteiger partial charge in [-0.25, -0.2) is 4.79 Å². The van der Waals surface area contributed by atoms with Crippen LogP contribution in [0.3, 0.4) is 0 Å². The summed E-state index contributed by atoms with van der Waals surface area (Å²) in [7, 11) is 0. The van der Waals surface area contributed by atoms with E-state index in [1.807, 2.05) is 18.2 Å². The van der Waals surface area contributed by atoms with E-state index < -0.39 is 12.0 Å². The second-order valence-electron chi connectivity index (χ2n) is 10.9. The number of rotatable bonds is 7. The summed E-state index contributed by atoms with van der Waals surface area (Å²) < 4.78 is 0. The molecular weight excluding hydrogens is 508 g/mol. The largest absolute Gasteiger partial charge is 0.480 e. The lowest BCUT2D eigenvalue weighted by Gasteiger charge is -2.34. The van der Waals surface area contributed by atoms with E-state index in [1.165, 1.54) is 69.1 Å². The molecule has 0 spiro atoms. The number of carbonyl (C=O) groups excluding carboxylic acids is 2.